The molecule has 0 aliphatic carbocycles. The van der Waals surface area contributed by atoms with Crippen LogP contribution in [-0.2, 0) is 9.53 Å². The number of rotatable bonds is 5. The summed E-state index contributed by atoms with van der Waals surface area (Å²) in [5.74, 6) is 0.384. The average molecular weight is 272 g/mol. The summed E-state index contributed by atoms with van der Waals surface area (Å²) in [6.45, 7) is 10.7. The Bertz CT molecular complexity index is 289. The van der Waals surface area contributed by atoms with Gasteiger partial charge in [-0.1, -0.05) is 6.92 Å². The maximum atomic E-state index is 11.8. The van der Waals surface area contributed by atoms with Gasteiger partial charge in [0.15, 0.2) is 0 Å². The van der Waals surface area contributed by atoms with Crippen molar-refractivity contribution in [3.8, 4) is 0 Å². The van der Waals surface area contributed by atoms with Gasteiger partial charge in [-0.2, -0.15) is 0 Å². The molecule has 5 heteroatoms. The van der Waals surface area contributed by atoms with E-state index in [9.17, 15) is 4.79 Å². The number of likely N-dealkylation sites (tertiary alicyclic amines) is 1. The highest BCUT2D eigenvalue weighted by Crippen LogP contribution is 2.17. The van der Waals surface area contributed by atoms with Gasteiger partial charge in [-0.05, 0) is 33.1 Å². The van der Waals surface area contributed by atoms with Crippen LogP contribution in [0.1, 0.15) is 34.1 Å². The molecule has 0 amide bonds. The zero-order valence-corrected chi connectivity index (χ0v) is 12.6. The van der Waals surface area contributed by atoms with Crippen LogP contribution < -0.4 is 5.32 Å². The van der Waals surface area contributed by atoms with Gasteiger partial charge in [0.05, 0.1) is 13.2 Å². The van der Waals surface area contributed by atoms with Crippen LogP contribution >= 0.6 is 0 Å². The number of ether oxygens (including phenoxy) is 1. The molecular formula is C14H28N2O3. The average Bonchev–Trinajstić information content (AvgIpc) is 2.22. The summed E-state index contributed by atoms with van der Waals surface area (Å²) in [6.07, 6.45) is 1.09. The highest BCUT2D eigenvalue weighted by atomic mass is 16.6. The van der Waals surface area contributed by atoms with Crippen LogP contribution in [0.4, 0.5) is 0 Å². The van der Waals surface area contributed by atoms with Gasteiger partial charge >= 0.3 is 5.97 Å². The molecule has 0 saturated carbocycles. The molecule has 0 bridgehead atoms. The predicted molar refractivity (Wildman–Crippen MR) is 74.9 cm³/mol. The van der Waals surface area contributed by atoms with Gasteiger partial charge in [0.2, 0.25) is 0 Å². The van der Waals surface area contributed by atoms with Gasteiger partial charge in [-0.25, -0.2) is 0 Å². The molecule has 0 aromatic rings. The van der Waals surface area contributed by atoms with Crippen LogP contribution in [0.5, 0.6) is 0 Å². The minimum absolute atomic E-state index is 0.150. The Hall–Kier alpha value is -0.650. The number of aliphatic hydroxyl groups excluding tert-OH is 1. The first-order valence-electron chi connectivity index (χ1n) is 7.08. The topological polar surface area (TPSA) is 61.8 Å². The van der Waals surface area contributed by atoms with Crippen LogP contribution in [0.3, 0.4) is 0 Å². The molecule has 1 rings (SSSR count). The van der Waals surface area contributed by atoms with Crippen LogP contribution in [0.15, 0.2) is 0 Å². The predicted octanol–water partition coefficient (Wildman–Crippen LogP) is 0.620. The third-order valence-corrected chi connectivity index (χ3v) is 3.05. The van der Waals surface area contributed by atoms with Crippen LogP contribution in [0.2, 0.25) is 0 Å². The van der Waals surface area contributed by atoms with Crippen molar-refractivity contribution in [3.05, 3.63) is 0 Å². The van der Waals surface area contributed by atoms with Gasteiger partial charge in [-0.3, -0.25) is 9.69 Å². The molecule has 2 atom stereocenters. The van der Waals surface area contributed by atoms with Crippen molar-refractivity contribution < 1.29 is 14.6 Å². The molecule has 2 N–H and O–H groups in total. The lowest BCUT2D eigenvalue weighted by molar-refractivity contribution is -0.156. The molecular weight excluding hydrogens is 244 g/mol. The molecule has 112 valence electrons. The summed E-state index contributed by atoms with van der Waals surface area (Å²) < 4.78 is 5.35. The molecule has 1 saturated heterocycles. The normalized spacial score (nSPS) is 25.3. The van der Waals surface area contributed by atoms with Crippen molar-refractivity contribution >= 4 is 5.97 Å². The third kappa shape index (κ3) is 6.89. The SMILES string of the molecule is CC1CC(NCCO)CN(CC(=O)OC(C)(C)C)C1. The molecule has 0 spiro atoms. The second-order valence-electron chi connectivity index (χ2n) is 6.50. The second-order valence-corrected chi connectivity index (χ2v) is 6.50. The quantitative estimate of drug-likeness (QED) is 0.719. The first-order chi connectivity index (χ1) is 8.80. The minimum Gasteiger partial charge on any atom is -0.459 e. The molecule has 5 nitrogen and oxygen atoms in total. The van der Waals surface area contributed by atoms with E-state index in [-0.39, 0.29) is 12.6 Å². The summed E-state index contributed by atoms with van der Waals surface area (Å²) in [7, 11) is 0. The Labute approximate surface area is 116 Å². The van der Waals surface area contributed by atoms with Crippen molar-refractivity contribution in [1.82, 2.24) is 10.2 Å². The monoisotopic (exact) mass is 272 g/mol. The van der Waals surface area contributed by atoms with Gasteiger partial charge in [-0.15, -0.1) is 0 Å². The second kappa shape index (κ2) is 7.22. The Balaban J connectivity index is 2.42. The van der Waals surface area contributed by atoms with Crippen molar-refractivity contribution in [2.75, 3.05) is 32.8 Å². The van der Waals surface area contributed by atoms with E-state index in [4.69, 9.17) is 9.84 Å². The number of aliphatic hydroxyl groups is 1. The number of carbonyl (C=O) groups excluding carboxylic acids is 1. The van der Waals surface area contributed by atoms with E-state index >= 15 is 0 Å². The molecule has 1 aliphatic rings. The van der Waals surface area contributed by atoms with E-state index in [1.54, 1.807) is 0 Å². The van der Waals surface area contributed by atoms with E-state index in [2.05, 4.69) is 17.1 Å². The van der Waals surface area contributed by atoms with Gasteiger partial charge < -0.3 is 15.2 Å². The van der Waals surface area contributed by atoms with E-state index in [0.717, 1.165) is 19.5 Å². The summed E-state index contributed by atoms with van der Waals surface area (Å²) in [5.41, 5.74) is -0.424. The Kier molecular flexibility index (Phi) is 6.23. The molecule has 0 radical (unpaired) electrons. The first-order valence-corrected chi connectivity index (χ1v) is 7.08. The van der Waals surface area contributed by atoms with E-state index in [1.807, 2.05) is 20.8 Å². The fourth-order valence-electron chi connectivity index (χ4n) is 2.56. The van der Waals surface area contributed by atoms with Crippen molar-refractivity contribution in [1.29, 1.82) is 0 Å². The maximum Gasteiger partial charge on any atom is 0.320 e. The van der Waals surface area contributed by atoms with Crippen molar-refractivity contribution in [2.45, 2.75) is 45.8 Å². The third-order valence-electron chi connectivity index (χ3n) is 3.05. The summed E-state index contributed by atoms with van der Waals surface area (Å²) in [5, 5.41) is 12.2. The Morgan fingerprint density at radius 2 is 2.11 bits per heavy atom. The Morgan fingerprint density at radius 3 is 2.68 bits per heavy atom. The lowest BCUT2D eigenvalue weighted by Crippen LogP contribution is -2.51. The number of nitrogens with one attached hydrogen (secondary N) is 1. The minimum atomic E-state index is -0.424. The summed E-state index contributed by atoms with van der Waals surface area (Å²) >= 11 is 0. The van der Waals surface area contributed by atoms with E-state index in [0.29, 0.717) is 25.0 Å². The summed E-state index contributed by atoms with van der Waals surface area (Å²) in [6, 6.07) is 0.346. The molecule has 1 heterocycles. The highest BCUT2D eigenvalue weighted by Gasteiger charge is 2.27. The lowest BCUT2D eigenvalue weighted by Gasteiger charge is -2.36. The molecule has 19 heavy (non-hydrogen) atoms. The van der Waals surface area contributed by atoms with Gasteiger partial charge in [0.25, 0.3) is 0 Å². The van der Waals surface area contributed by atoms with E-state index < -0.39 is 5.60 Å². The van der Waals surface area contributed by atoms with E-state index in [1.165, 1.54) is 0 Å². The highest BCUT2D eigenvalue weighted by molar-refractivity contribution is 5.72. The largest absolute Gasteiger partial charge is 0.459 e. The molecule has 2 unspecified atom stereocenters. The molecule has 0 aromatic carbocycles. The number of esters is 1. The fourth-order valence-corrected chi connectivity index (χ4v) is 2.56. The number of carbonyl (C=O) groups is 1. The van der Waals surface area contributed by atoms with Gasteiger partial charge in [0.1, 0.15) is 5.60 Å². The number of piperidine rings is 1. The summed E-state index contributed by atoms with van der Waals surface area (Å²) in [4.78, 5) is 14.0. The smallest absolute Gasteiger partial charge is 0.320 e. The number of nitrogens with zero attached hydrogens (tertiary/aromatic N) is 1. The van der Waals surface area contributed by atoms with Crippen LogP contribution in [0, 0.1) is 5.92 Å². The Morgan fingerprint density at radius 1 is 1.42 bits per heavy atom. The maximum absolute atomic E-state index is 11.8. The lowest BCUT2D eigenvalue weighted by atomic mass is 9.96. The van der Waals surface area contributed by atoms with Gasteiger partial charge in [0, 0.05) is 25.7 Å². The zero-order valence-electron chi connectivity index (χ0n) is 12.6. The standard InChI is InChI=1S/C14H28N2O3/c1-11-7-12(15-5-6-17)9-16(8-11)10-13(18)19-14(2,3)4/h11-12,15,17H,5-10H2,1-4H3. The van der Waals surface area contributed by atoms with Crippen LogP contribution in [0.25, 0.3) is 0 Å². The number of hydrogen-bond donors (Lipinski definition) is 2. The zero-order chi connectivity index (χ0) is 14.5. The molecule has 0 aromatic heterocycles. The van der Waals surface area contributed by atoms with Crippen molar-refractivity contribution in [3.63, 3.8) is 0 Å². The molecule has 1 aliphatic heterocycles. The van der Waals surface area contributed by atoms with Crippen molar-refractivity contribution in [2.24, 2.45) is 5.92 Å². The molecule has 1 fully saturated rings. The van der Waals surface area contributed by atoms with Crippen LogP contribution in [-0.4, -0.2) is 60.4 Å². The fraction of sp³-hybridized carbons (Fsp3) is 0.929. The first kappa shape index (κ1) is 16.4. The number of hydrogen-bond acceptors (Lipinski definition) is 5.